The van der Waals surface area contributed by atoms with E-state index in [4.69, 9.17) is 0 Å². The highest BCUT2D eigenvalue weighted by Crippen LogP contribution is 2.34. The number of hydrogen-bond acceptors (Lipinski definition) is 3. The number of alkyl halides is 3. The lowest BCUT2D eigenvalue weighted by Crippen LogP contribution is -2.44. The van der Waals surface area contributed by atoms with Crippen LogP contribution in [0.4, 0.5) is 23.7 Å². The van der Waals surface area contributed by atoms with Crippen molar-refractivity contribution in [1.29, 1.82) is 0 Å². The number of anilines is 1. The Morgan fingerprint density at radius 3 is 2.39 bits per heavy atom. The van der Waals surface area contributed by atoms with Gasteiger partial charge in [0.25, 0.3) is 5.91 Å². The number of amides is 3. The van der Waals surface area contributed by atoms with Crippen LogP contribution >= 0.6 is 11.3 Å². The predicted molar refractivity (Wildman–Crippen MR) is 80.1 cm³/mol. The van der Waals surface area contributed by atoms with Crippen LogP contribution < -0.4 is 16.2 Å². The number of para-hydroxylation sites is 1. The molecule has 23 heavy (non-hydrogen) atoms. The normalized spacial score (nSPS) is 11.0. The van der Waals surface area contributed by atoms with Gasteiger partial charge in [0.05, 0.1) is 16.1 Å². The minimum Gasteiger partial charge on any atom is -0.306 e. The van der Waals surface area contributed by atoms with Crippen LogP contribution in [-0.4, -0.2) is 11.9 Å². The highest BCUT2D eigenvalue weighted by atomic mass is 32.1. The van der Waals surface area contributed by atoms with E-state index in [1.165, 1.54) is 23.5 Å². The molecule has 1 aromatic carbocycles. The summed E-state index contributed by atoms with van der Waals surface area (Å²) in [5.41, 5.74) is 3.50. The van der Waals surface area contributed by atoms with Crippen molar-refractivity contribution >= 4 is 29.0 Å². The number of halogens is 3. The molecule has 0 bridgehead atoms. The molecule has 3 amide bonds. The van der Waals surface area contributed by atoms with Crippen molar-refractivity contribution < 1.29 is 22.8 Å². The molecule has 0 aliphatic rings. The van der Waals surface area contributed by atoms with Gasteiger partial charge in [-0.25, -0.2) is 10.2 Å². The molecule has 0 spiro atoms. The van der Waals surface area contributed by atoms with Crippen molar-refractivity contribution in [2.24, 2.45) is 0 Å². The quantitative estimate of drug-likeness (QED) is 0.730. The van der Waals surface area contributed by atoms with Gasteiger partial charge >= 0.3 is 12.2 Å². The molecular formula is C14H12F3N3O2S. The SMILES string of the molecule is Cc1ccsc1C(=O)NNC(=O)Nc1ccccc1C(F)(F)F. The Morgan fingerprint density at radius 1 is 1.09 bits per heavy atom. The Balaban J connectivity index is 1.99. The summed E-state index contributed by atoms with van der Waals surface area (Å²) in [7, 11) is 0. The monoisotopic (exact) mass is 343 g/mol. The van der Waals surface area contributed by atoms with Crippen LogP contribution in [0.2, 0.25) is 0 Å². The summed E-state index contributed by atoms with van der Waals surface area (Å²) in [6.07, 6.45) is -4.60. The first-order valence-corrected chi connectivity index (χ1v) is 7.24. The first-order chi connectivity index (χ1) is 10.8. The second-order valence-corrected chi connectivity index (χ2v) is 5.43. The van der Waals surface area contributed by atoms with Gasteiger partial charge in [0.1, 0.15) is 0 Å². The lowest BCUT2D eigenvalue weighted by atomic mass is 10.1. The summed E-state index contributed by atoms with van der Waals surface area (Å²) in [5, 5.41) is 3.76. The van der Waals surface area contributed by atoms with Gasteiger partial charge in [0, 0.05) is 0 Å². The highest BCUT2D eigenvalue weighted by molar-refractivity contribution is 7.12. The fourth-order valence-electron chi connectivity index (χ4n) is 1.77. The van der Waals surface area contributed by atoms with E-state index in [1.54, 1.807) is 18.4 Å². The Morgan fingerprint density at radius 2 is 1.78 bits per heavy atom. The largest absolute Gasteiger partial charge is 0.418 e. The van der Waals surface area contributed by atoms with Gasteiger partial charge in [-0.15, -0.1) is 11.3 Å². The second-order valence-electron chi connectivity index (χ2n) is 4.51. The molecule has 0 atom stereocenters. The standard InChI is InChI=1S/C14H12F3N3O2S/c1-8-6-7-23-11(8)12(21)19-20-13(22)18-10-5-3-2-4-9(10)14(15,16)17/h2-7H,1H3,(H,19,21)(H2,18,20,22). The van der Waals surface area contributed by atoms with Gasteiger partial charge in [-0.2, -0.15) is 13.2 Å². The maximum Gasteiger partial charge on any atom is 0.418 e. The highest BCUT2D eigenvalue weighted by Gasteiger charge is 2.33. The van der Waals surface area contributed by atoms with Crippen molar-refractivity contribution in [3.05, 3.63) is 51.7 Å². The third kappa shape index (κ3) is 4.22. The van der Waals surface area contributed by atoms with Gasteiger partial charge in [-0.1, -0.05) is 12.1 Å². The van der Waals surface area contributed by atoms with Gasteiger partial charge in [-0.05, 0) is 36.1 Å². The van der Waals surface area contributed by atoms with E-state index in [0.29, 0.717) is 4.88 Å². The average molecular weight is 343 g/mol. The fraction of sp³-hybridized carbons (Fsp3) is 0.143. The maximum atomic E-state index is 12.8. The number of nitrogens with one attached hydrogen (secondary N) is 3. The summed E-state index contributed by atoms with van der Waals surface area (Å²) in [4.78, 5) is 23.8. The molecule has 1 aromatic heterocycles. The topological polar surface area (TPSA) is 70.2 Å². The first kappa shape index (κ1) is 16.8. The Kier molecular flexibility index (Phi) is 4.89. The number of carbonyl (C=O) groups is 2. The van der Waals surface area contributed by atoms with Crippen molar-refractivity contribution in [3.63, 3.8) is 0 Å². The molecule has 3 N–H and O–H groups in total. The summed E-state index contributed by atoms with van der Waals surface area (Å²) < 4.78 is 38.4. The number of thiophene rings is 1. The predicted octanol–water partition coefficient (Wildman–Crippen LogP) is 3.54. The van der Waals surface area contributed by atoms with Crippen LogP contribution in [0.5, 0.6) is 0 Å². The van der Waals surface area contributed by atoms with Crippen LogP contribution in [0.15, 0.2) is 35.7 Å². The van der Waals surface area contributed by atoms with E-state index in [1.807, 2.05) is 5.43 Å². The summed E-state index contributed by atoms with van der Waals surface area (Å²) in [6.45, 7) is 1.73. The maximum absolute atomic E-state index is 12.8. The van der Waals surface area contributed by atoms with E-state index in [-0.39, 0.29) is 0 Å². The van der Waals surface area contributed by atoms with E-state index in [2.05, 4.69) is 10.7 Å². The Hall–Kier alpha value is -2.55. The smallest absolute Gasteiger partial charge is 0.306 e. The van der Waals surface area contributed by atoms with E-state index >= 15 is 0 Å². The lowest BCUT2D eigenvalue weighted by molar-refractivity contribution is -0.136. The van der Waals surface area contributed by atoms with Crippen LogP contribution in [0, 0.1) is 6.92 Å². The van der Waals surface area contributed by atoms with Gasteiger partial charge in [0.2, 0.25) is 0 Å². The zero-order valence-electron chi connectivity index (χ0n) is 11.8. The minimum atomic E-state index is -4.60. The molecule has 5 nitrogen and oxygen atoms in total. The van der Waals surface area contributed by atoms with E-state index in [0.717, 1.165) is 17.7 Å². The molecule has 1 heterocycles. The fourth-order valence-corrected chi connectivity index (χ4v) is 2.59. The number of aryl methyl sites for hydroxylation is 1. The summed E-state index contributed by atoms with van der Waals surface area (Å²) in [6, 6.07) is 5.30. The number of hydrogen-bond donors (Lipinski definition) is 3. The van der Waals surface area contributed by atoms with Crippen LogP contribution in [-0.2, 0) is 6.18 Å². The molecule has 0 radical (unpaired) electrons. The van der Waals surface area contributed by atoms with Crippen molar-refractivity contribution in [3.8, 4) is 0 Å². The third-order valence-electron chi connectivity index (χ3n) is 2.84. The molecule has 122 valence electrons. The van der Waals surface area contributed by atoms with Crippen molar-refractivity contribution in [1.82, 2.24) is 10.9 Å². The Bertz CT molecular complexity index is 728. The van der Waals surface area contributed by atoms with Gasteiger partial charge < -0.3 is 5.32 Å². The van der Waals surface area contributed by atoms with Gasteiger partial charge in [0.15, 0.2) is 0 Å². The first-order valence-electron chi connectivity index (χ1n) is 6.36. The Labute approximate surface area is 133 Å². The van der Waals surface area contributed by atoms with Crippen molar-refractivity contribution in [2.45, 2.75) is 13.1 Å². The molecule has 9 heteroatoms. The molecule has 2 rings (SSSR count). The van der Waals surface area contributed by atoms with Crippen molar-refractivity contribution in [2.75, 3.05) is 5.32 Å². The van der Waals surface area contributed by atoms with Crippen LogP contribution in [0.3, 0.4) is 0 Å². The number of benzene rings is 1. The molecular weight excluding hydrogens is 331 g/mol. The summed E-state index contributed by atoms with van der Waals surface area (Å²) >= 11 is 1.19. The second kappa shape index (κ2) is 6.69. The minimum absolute atomic E-state index is 0.404. The lowest BCUT2D eigenvalue weighted by Gasteiger charge is -2.14. The number of urea groups is 1. The molecule has 0 saturated carbocycles. The van der Waals surface area contributed by atoms with Crippen LogP contribution in [0.1, 0.15) is 20.8 Å². The third-order valence-corrected chi connectivity index (χ3v) is 3.85. The zero-order chi connectivity index (χ0) is 17.0. The van der Waals surface area contributed by atoms with E-state index in [9.17, 15) is 22.8 Å². The van der Waals surface area contributed by atoms with Gasteiger partial charge in [-0.3, -0.25) is 10.2 Å². The van der Waals surface area contributed by atoms with Crippen LogP contribution in [0.25, 0.3) is 0 Å². The molecule has 2 aromatic rings. The molecule has 0 aliphatic heterocycles. The molecule has 0 unspecified atom stereocenters. The average Bonchev–Trinajstić information content (AvgIpc) is 2.90. The number of carbonyl (C=O) groups excluding carboxylic acids is 2. The zero-order valence-corrected chi connectivity index (χ0v) is 12.6. The molecule has 0 saturated heterocycles. The summed E-state index contributed by atoms with van der Waals surface area (Å²) in [5.74, 6) is -0.545. The molecule has 0 fully saturated rings. The van der Waals surface area contributed by atoms with E-state index < -0.39 is 29.4 Å². The number of rotatable bonds is 2. The molecule has 0 aliphatic carbocycles. The number of hydrazine groups is 1.